The van der Waals surface area contributed by atoms with Crippen LogP contribution in [0.2, 0.25) is 0 Å². The van der Waals surface area contributed by atoms with Crippen LogP contribution in [0.1, 0.15) is 19.4 Å². The Bertz CT molecular complexity index is 366. The molecule has 1 rings (SSSR count). The average Bonchev–Trinajstić information content (AvgIpc) is 2.27. The molecule has 0 spiro atoms. The Kier molecular flexibility index (Phi) is 5.06. The second-order valence-corrected chi connectivity index (χ2v) is 3.94. The zero-order valence-electron chi connectivity index (χ0n) is 9.44. The van der Waals surface area contributed by atoms with E-state index in [1.165, 1.54) is 6.08 Å². The Labute approximate surface area is 101 Å². The number of allylic oxidation sites excluding steroid dienone is 1. The normalized spacial score (nSPS) is 11.0. The highest BCUT2D eigenvalue weighted by Crippen LogP contribution is 2.14. The van der Waals surface area contributed by atoms with Gasteiger partial charge in [-0.05, 0) is 37.6 Å². The summed E-state index contributed by atoms with van der Waals surface area (Å²) < 4.78 is 5.50. The van der Waals surface area contributed by atoms with E-state index >= 15 is 0 Å². The summed E-state index contributed by atoms with van der Waals surface area (Å²) in [5.41, 5.74) is 0.953. The molecule has 0 unspecified atom stereocenters. The molecule has 0 aliphatic carbocycles. The summed E-state index contributed by atoms with van der Waals surface area (Å²) in [6.45, 7) is 3.96. The molecule has 0 bridgehead atoms. The van der Waals surface area contributed by atoms with E-state index in [1.54, 1.807) is 6.08 Å². The van der Waals surface area contributed by atoms with E-state index in [4.69, 9.17) is 16.3 Å². The summed E-state index contributed by atoms with van der Waals surface area (Å²) in [5.74, 6) is 0.755. The van der Waals surface area contributed by atoms with Gasteiger partial charge in [0.05, 0.1) is 12.0 Å². The highest BCUT2D eigenvalue weighted by molar-refractivity contribution is 6.29. The fourth-order valence-corrected chi connectivity index (χ4v) is 1.25. The summed E-state index contributed by atoms with van der Waals surface area (Å²) in [4.78, 5) is 11.0. The van der Waals surface area contributed by atoms with Crippen LogP contribution in [-0.4, -0.2) is 17.8 Å². The highest BCUT2D eigenvalue weighted by atomic mass is 35.5. The maximum Gasteiger partial charge on any atom is 0.170 e. The quantitative estimate of drug-likeness (QED) is 0.581. The van der Waals surface area contributed by atoms with Crippen LogP contribution in [0.3, 0.4) is 0 Å². The van der Waals surface area contributed by atoms with Gasteiger partial charge in [0, 0.05) is 0 Å². The molecule has 0 heterocycles. The largest absolute Gasteiger partial charge is 0.491 e. The third-order valence-corrected chi connectivity index (χ3v) is 2.11. The van der Waals surface area contributed by atoms with Crippen LogP contribution in [-0.2, 0) is 4.79 Å². The number of carbonyl (C=O) groups is 1. The summed E-state index contributed by atoms with van der Waals surface area (Å²) in [6.07, 6.45) is 3.38. The van der Waals surface area contributed by atoms with E-state index in [2.05, 4.69) is 0 Å². The third kappa shape index (κ3) is 4.49. The molecule has 0 fully saturated rings. The fraction of sp³-hybridized carbons (Fsp3) is 0.308. The molecule has 2 nitrogen and oxygen atoms in total. The Morgan fingerprint density at radius 2 is 2.00 bits per heavy atom. The van der Waals surface area contributed by atoms with Gasteiger partial charge in [0.25, 0.3) is 0 Å². The maximum absolute atomic E-state index is 11.0. The zero-order valence-corrected chi connectivity index (χ0v) is 10.2. The van der Waals surface area contributed by atoms with Gasteiger partial charge in [0.15, 0.2) is 5.78 Å². The zero-order chi connectivity index (χ0) is 12.0. The van der Waals surface area contributed by atoms with Gasteiger partial charge in [-0.15, -0.1) is 11.6 Å². The monoisotopic (exact) mass is 238 g/mol. The van der Waals surface area contributed by atoms with Crippen molar-refractivity contribution < 1.29 is 9.53 Å². The second kappa shape index (κ2) is 6.33. The number of ether oxygens (including phenoxy) is 1. The summed E-state index contributed by atoms with van der Waals surface area (Å²) in [6, 6.07) is 7.56. The lowest BCUT2D eigenvalue weighted by Gasteiger charge is -2.09. The van der Waals surface area contributed by atoms with E-state index in [0.29, 0.717) is 0 Å². The first kappa shape index (κ1) is 12.8. The molecule has 0 saturated heterocycles. The van der Waals surface area contributed by atoms with Gasteiger partial charge in [-0.1, -0.05) is 18.2 Å². The first-order chi connectivity index (χ1) is 7.61. The van der Waals surface area contributed by atoms with E-state index in [0.717, 1.165) is 11.3 Å². The lowest BCUT2D eigenvalue weighted by Crippen LogP contribution is -2.05. The number of alkyl halides is 1. The SMILES string of the molecule is CC(C)Oc1ccc(C=CC(=O)CCl)cc1. The molecule has 16 heavy (non-hydrogen) atoms. The Morgan fingerprint density at radius 1 is 1.38 bits per heavy atom. The van der Waals surface area contributed by atoms with E-state index in [9.17, 15) is 4.79 Å². The molecule has 0 radical (unpaired) electrons. The molecule has 0 amide bonds. The number of carbonyl (C=O) groups excluding carboxylic acids is 1. The number of benzene rings is 1. The van der Waals surface area contributed by atoms with E-state index < -0.39 is 0 Å². The van der Waals surface area contributed by atoms with Gasteiger partial charge in [-0.2, -0.15) is 0 Å². The van der Waals surface area contributed by atoms with Crippen molar-refractivity contribution in [3.05, 3.63) is 35.9 Å². The van der Waals surface area contributed by atoms with Crippen molar-refractivity contribution in [3.8, 4) is 5.75 Å². The molecule has 0 saturated carbocycles. The van der Waals surface area contributed by atoms with Crippen LogP contribution < -0.4 is 4.74 Å². The Hall–Kier alpha value is -1.28. The Morgan fingerprint density at radius 3 is 2.50 bits per heavy atom. The molecule has 0 aliphatic rings. The van der Waals surface area contributed by atoms with Crippen LogP contribution in [0.15, 0.2) is 30.3 Å². The molecule has 1 aromatic rings. The smallest absolute Gasteiger partial charge is 0.170 e. The van der Waals surface area contributed by atoms with Crippen LogP contribution in [0.4, 0.5) is 0 Å². The first-order valence-corrected chi connectivity index (χ1v) is 5.69. The van der Waals surface area contributed by atoms with Crippen LogP contribution >= 0.6 is 11.6 Å². The predicted molar refractivity (Wildman–Crippen MR) is 67.0 cm³/mol. The molecule has 0 atom stereocenters. The van der Waals surface area contributed by atoms with E-state index in [-0.39, 0.29) is 17.8 Å². The third-order valence-electron chi connectivity index (χ3n) is 1.85. The number of halogens is 1. The maximum atomic E-state index is 11.0. The van der Waals surface area contributed by atoms with Crippen LogP contribution in [0, 0.1) is 0 Å². The Balaban J connectivity index is 2.64. The lowest BCUT2D eigenvalue weighted by atomic mass is 10.2. The lowest BCUT2D eigenvalue weighted by molar-refractivity contribution is -0.112. The van der Waals surface area contributed by atoms with Crippen molar-refractivity contribution in [1.29, 1.82) is 0 Å². The van der Waals surface area contributed by atoms with Crippen LogP contribution in [0.5, 0.6) is 5.75 Å². The fourth-order valence-electron chi connectivity index (χ4n) is 1.16. The van der Waals surface area contributed by atoms with Crippen molar-refractivity contribution in [2.45, 2.75) is 20.0 Å². The van der Waals surface area contributed by atoms with Crippen LogP contribution in [0.25, 0.3) is 6.08 Å². The summed E-state index contributed by atoms with van der Waals surface area (Å²) in [5, 5.41) is 0. The molecule has 3 heteroatoms. The minimum Gasteiger partial charge on any atom is -0.491 e. The highest BCUT2D eigenvalue weighted by Gasteiger charge is 1.97. The van der Waals surface area contributed by atoms with Gasteiger partial charge >= 0.3 is 0 Å². The van der Waals surface area contributed by atoms with Gasteiger partial charge in [-0.3, -0.25) is 4.79 Å². The topological polar surface area (TPSA) is 26.3 Å². The molecular formula is C13H15ClO2. The number of hydrogen-bond donors (Lipinski definition) is 0. The van der Waals surface area contributed by atoms with Crippen molar-refractivity contribution in [2.24, 2.45) is 0 Å². The minimum atomic E-state index is -0.0934. The van der Waals surface area contributed by atoms with Crippen molar-refractivity contribution in [3.63, 3.8) is 0 Å². The van der Waals surface area contributed by atoms with Gasteiger partial charge in [0.2, 0.25) is 0 Å². The van der Waals surface area contributed by atoms with Crippen molar-refractivity contribution in [1.82, 2.24) is 0 Å². The van der Waals surface area contributed by atoms with Gasteiger partial charge in [0.1, 0.15) is 5.75 Å². The number of rotatable bonds is 5. The van der Waals surface area contributed by atoms with Gasteiger partial charge < -0.3 is 4.74 Å². The predicted octanol–water partition coefficient (Wildman–Crippen LogP) is 3.29. The number of ketones is 1. The molecule has 0 aliphatic heterocycles. The molecule has 0 N–H and O–H groups in total. The van der Waals surface area contributed by atoms with E-state index in [1.807, 2.05) is 38.1 Å². The standard InChI is InChI=1S/C13H15ClO2/c1-10(2)16-13-7-4-11(5-8-13)3-6-12(15)9-14/h3-8,10H,9H2,1-2H3. The second-order valence-electron chi connectivity index (χ2n) is 3.67. The first-order valence-electron chi connectivity index (χ1n) is 5.15. The average molecular weight is 239 g/mol. The molecule has 0 aromatic heterocycles. The summed E-state index contributed by atoms with van der Waals surface area (Å²) in [7, 11) is 0. The molecule has 86 valence electrons. The number of hydrogen-bond acceptors (Lipinski definition) is 2. The van der Waals surface area contributed by atoms with Gasteiger partial charge in [-0.25, -0.2) is 0 Å². The van der Waals surface area contributed by atoms with Crippen molar-refractivity contribution in [2.75, 3.05) is 5.88 Å². The van der Waals surface area contributed by atoms with Crippen molar-refractivity contribution >= 4 is 23.5 Å². The molecule has 1 aromatic carbocycles. The summed E-state index contributed by atoms with van der Waals surface area (Å²) >= 11 is 5.38. The minimum absolute atomic E-state index is 0.0189. The molecular weight excluding hydrogens is 224 g/mol.